The van der Waals surface area contributed by atoms with Gasteiger partial charge in [0, 0.05) is 45.1 Å². The summed E-state index contributed by atoms with van der Waals surface area (Å²) in [6.45, 7) is 6.38. The maximum absolute atomic E-state index is 13.1. The van der Waals surface area contributed by atoms with Crippen LogP contribution < -0.4 is 0 Å². The highest BCUT2D eigenvalue weighted by molar-refractivity contribution is 5.97. The first-order valence-electron chi connectivity index (χ1n) is 10.6. The predicted octanol–water partition coefficient (Wildman–Crippen LogP) is 3.77. The third-order valence-corrected chi connectivity index (χ3v) is 5.44. The Labute approximate surface area is 195 Å². The van der Waals surface area contributed by atoms with E-state index in [1.165, 1.54) is 11.1 Å². The van der Waals surface area contributed by atoms with Crippen molar-refractivity contribution in [2.75, 3.05) is 26.2 Å². The highest BCUT2D eigenvalue weighted by Crippen LogP contribution is 2.18. The summed E-state index contributed by atoms with van der Waals surface area (Å²) < 4.78 is 33.5. The second kappa shape index (κ2) is 11.0. The van der Waals surface area contributed by atoms with Crippen LogP contribution in [-0.4, -0.2) is 68.9 Å². The molecular formula is C24H25F3N4O3. The number of nitrogens with zero attached hydrogens (tertiary/aromatic N) is 4. The Kier molecular flexibility index (Phi) is 8.06. The fourth-order valence-electron chi connectivity index (χ4n) is 3.57. The number of amides is 1. The smallest absolute Gasteiger partial charge is 0.475 e. The molecule has 0 unspecified atom stereocenters. The van der Waals surface area contributed by atoms with Gasteiger partial charge in [0.1, 0.15) is 0 Å². The number of aryl methyl sites for hydroxylation is 1. The van der Waals surface area contributed by atoms with Crippen LogP contribution in [0.15, 0.2) is 67.0 Å². The molecule has 1 saturated heterocycles. The zero-order chi connectivity index (χ0) is 24.7. The van der Waals surface area contributed by atoms with Crippen LogP contribution in [0.4, 0.5) is 13.2 Å². The lowest BCUT2D eigenvalue weighted by Gasteiger charge is -2.35. The molecule has 7 nitrogen and oxygen atoms in total. The minimum Gasteiger partial charge on any atom is -0.475 e. The molecule has 34 heavy (non-hydrogen) atoms. The van der Waals surface area contributed by atoms with E-state index in [0.29, 0.717) is 5.56 Å². The van der Waals surface area contributed by atoms with Crippen molar-refractivity contribution in [3.8, 4) is 5.69 Å². The number of aliphatic carboxylic acids is 1. The fourth-order valence-corrected chi connectivity index (χ4v) is 3.57. The number of carboxylic acid groups (broad SMARTS) is 1. The van der Waals surface area contributed by atoms with Crippen LogP contribution in [0, 0.1) is 6.92 Å². The minimum atomic E-state index is -5.08. The van der Waals surface area contributed by atoms with Crippen molar-refractivity contribution in [2.45, 2.75) is 19.6 Å². The van der Waals surface area contributed by atoms with E-state index in [9.17, 15) is 18.0 Å². The Morgan fingerprint density at radius 2 is 1.59 bits per heavy atom. The van der Waals surface area contributed by atoms with E-state index in [4.69, 9.17) is 9.90 Å². The topological polar surface area (TPSA) is 78.7 Å². The lowest BCUT2D eigenvalue weighted by atomic mass is 10.1. The first-order valence-corrected chi connectivity index (χ1v) is 10.6. The van der Waals surface area contributed by atoms with Crippen molar-refractivity contribution in [3.05, 3.63) is 83.7 Å². The Morgan fingerprint density at radius 1 is 0.971 bits per heavy atom. The summed E-state index contributed by atoms with van der Waals surface area (Å²) in [6, 6.07) is 18.1. The normalized spacial score (nSPS) is 14.3. The molecule has 4 rings (SSSR count). The molecule has 0 bridgehead atoms. The summed E-state index contributed by atoms with van der Waals surface area (Å²) in [5.41, 5.74) is 4.22. The van der Waals surface area contributed by atoms with Gasteiger partial charge in [0.05, 0.1) is 11.3 Å². The van der Waals surface area contributed by atoms with Crippen LogP contribution in [0.1, 0.15) is 21.5 Å². The number of para-hydroxylation sites is 1. The molecule has 0 spiro atoms. The highest BCUT2D eigenvalue weighted by atomic mass is 19.4. The number of alkyl halides is 3. The van der Waals surface area contributed by atoms with Crippen molar-refractivity contribution in [3.63, 3.8) is 0 Å². The average Bonchev–Trinajstić information content (AvgIpc) is 3.35. The SMILES string of the molecule is Cc1ccccc1CN1CCN(C(=O)c2ccccc2-n2cccn2)CC1.O=C(O)C(F)(F)F. The number of carbonyl (C=O) groups is 2. The van der Waals surface area contributed by atoms with Gasteiger partial charge in [-0.25, -0.2) is 9.48 Å². The fraction of sp³-hybridized carbons (Fsp3) is 0.292. The second-order valence-electron chi connectivity index (χ2n) is 7.77. The number of halogens is 3. The van der Waals surface area contributed by atoms with Gasteiger partial charge in [0.15, 0.2) is 0 Å². The summed E-state index contributed by atoms with van der Waals surface area (Å²) in [6.07, 6.45) is -1.49. The van der Waals surface area contributed by atoms with E-state index in [1.807, 2.05) is 41.4 Å². The number of aromatic nitrogens is 2. The first kappa shape index (κ1) is 25.0. The maximum Gasteiger partial charge on any atom is 0.490 e. The van der Waals surface area contributed by atoms with Gasteiger partial charge in [-0.2, -0.15) is 18.3 Å². The summed E-state index contributed by atoms with van der Waals surface area (Å²) in [4.78, 5) is 26.4. The van der Waals surface area contributed by atoms with Crippen molar-refractivity contribution < 1.29 is 27.9 Å². The van der Waals surface area contributed by atoms with Crippen molar-refractivity contribution in [1.29, 1.82) is 0 Å². The Morgan fingerprint density at radius 3 is 2.18 bits per heavy atom. The molecule has 1 fully saturated rings. The van der Waals surface area contributed by atoms with Gasteiger partial charge in [-0.15, -0.1) is 0 Å². The van der Waals surface area contributed by atoms with Gasteiger partial charge in [0.2, 0.25) is 0 Å². The van der Waals surface area contributed by atoms with Gasteiger partial charge in [-0.3, -0.25) is 9.69 Å². The van der Waals surface area contributed by atoms with Crippen LogP contribution >= 0.6 is 0 Å². The molecule has 10 heteroatoms. The highest BCUT2D eigenvalue weighted by Gasteiger charge is 2.38. The van der Waals surface area contributed by atoms with Gasteiger partial charge < -0.3 is 10.0 Å². The molecule has 0 saturated carbocycles. The van der Waals surface area contributed by atoms with Crippen LogP contribution in [-0.2, 0) is 11.3 Å². The Bertz CT molecular complexity index is 1110. The minimum absolute atomic E-state index is 0.0802. The van der Waals surface area contributed by atoms with Crippen molar-refractivity contribution >= 4 is 11.9 Å². The number of hydrogen-bond acceptors (Lipinski definition) is 4. The third-order valence-electron chi connectivity index (χ3n) is 5.44. The molecular weight excluding hydrogens is 449 g/mol. The Balaban J connectivity index is 0.000000406. The van der Waals surface area contributed by atoms with Gasteiger partial charge >= 0.3 is 12.1 Å². The second-order valence-corrected chi connectivity index (χ2v) is 7.77. The summed E-state index contributed by atoms with van der Waals surface area (Å²) in [5.74, 6) is -2.68. The van der Waals surface area contributed by atoms with Crippen molar-refractivity contribution in [1.82, 2.24) is 19.6 Å². The first-order chi connectivity index (χ1) is 16.2. The standard InChI is InChI=1S/C22H24N4O.C2HF3O2/c1-18-7-2-3-8-19(18)17-24-13-15-25(16-14-24)22(27)20-9-4-5-10-21(20)26-12-6-11-23-26;3-2(4,5)1(6)7/h2-12H,13-17H2,1H3;(H,6,7). The van der Waals surface area contributed by atoms with Crippen LogP contribution in [0.3, 0.4) is 0 Å². The molecule has 1 aliphatic rings. The molecule has 0 radical (unpaired) electrons. The zero-order valence-corrected chi connectivity index (χ0v) is 18.6. The molecule has 0 aliphatic carbocycles. The van der Waals surface area contributed by atoms with E-state index >= 15 is 0 Å². The number of carbonyl (C=O) groups excluding carboxylic acids is 1. The molecule has 0 atom stereocenters. The van der Waals surface area contributed by atoms with E-state index < -0.39 is 12.1 Å². The predicted molar refractivity (Wildman–Crippen MR) is 120 cm³/mol. The molecule has 3 aromatic rings. The molecule has 1 aromatic heterocycles. The van der Waals surface area contributed by atoms with Crippen molar-refractivity contribution in [2.24, 2.45) is 0 Å². The molecule has 1 aliphatic heterocycles. The average molecular weight is 474 g/mol. The number of benzene rings is 2. The van der Waals surface area contributed by atoms with E-state index in [0.717, 1.165) is 38.4 Å². The Hall–Kier alpha value is -3.66. The summed E-state index contributed by atoms with van der Waals surface area (Å²) in [7, 11) is 0. The van der Waals surface area contributed by atoms with Gasteiger partial charge in [-0.1, -0.05) is 36.4 Å². The molecule has 1 amide bonds. The molecule has 2 aromatic carbocycles. The molecule has 180 valence electrons. The quantitative estimate of drug-likeness (QED) is 0.623. The monoisotopic (exact) mass is 474 g/mol. The van der Waals surface area contributed by atoms with Crippen LogP contribution in [0.2, 0.25) is 0 Å². The summed E-state index contributed by atoms with van der Waals surface area (Å²) >= 11 is 0. The number of hydrogen-bond donors (Lipinski definition) is 1. The number of rotatable bonds is 4. The zero-order valence-electron chi connectivity index (χ0n) is 18.6. The lowest BCUT2D eigenvalue weighted by Crippen LogP contribution is -2.48. The third kappa shape index (κ3) is 6.44. The number of carboxylic acids is 1. The summed E-state index contributed by atoms with van der Waals surface area (Å²) in [5, 5.41) is 11.4. The van der Waals surface area contributed by atoms with Crippen LogP contribution in [0.5, 0.6) is 0 Å². The molecule has 1 N–H and O–H groups in total. The van der Waals surface area contributed by atoms with Gasteiger partial charge in [-0.05, 0) is 36.2 Å². The van der Waals surface area contributed by atoms with E-state index in [2.05, 4.69) is 41.2 Å². The van der Waals surface area contributed by atoms with Gasteiger partial charge in [0.25, 0.3) is 5.91 Å². The maximum atomic E-state index is 13.1. The van der Waals surface area contributed by atoms with Crippen LogP contribution in [0.25, 0.3) is 5.69 Å². The number of piperazine rings is 1. The van der Waals surface area contributed by atoms with E-state index in [-0.39, 0.29) is 5.91 Å². The largest absolute Gasteiger partial charge is 0.490 e. The molecule has 2 heterocycles. The lowest BCUT2D eigenvalue weighted by molar-refractivity contribution is -0.192. The van der Waals surface area contributed by atoms with E-state index in [1.54, 1.807) is 10.9 Å².